The Balaban J connectivity index is 1.28. The Morgan fingerprint density at radius 1 is 0.763 bits per heavy atom. The lowest BCUT2D eigenvalue weighted by molar-refractivity contribution is -0.358. The second-order valence-corrected chi connectivity index (χ2v) is 13.3. The van der Waals surface area contributed by atoms with E-state index >= 15 is 0 Å². The van der Waals surface area contributed by atoms with Crippen LogP contribution in [0.2, 0.25) is 0 Å². The van der Waals surface area contributed by atoms with Gasteiger partial charge < -0.3 is 93.7 Å². The summed E-state index contributed by atoms with van der Waals surface area (Å²) in [6.07, 6.45) is -16.9. The highest BCUT2D eigenvalue weighted by Gasteiger charge is 2.52. The molecule has 10 atom stereocenters. The standard InChI is InChI=1S/C38H40O21/c1-52-21-7-14(8-22(53-2)27(21)45)3-6-25(44)54-13-24-29(47)31(49)33(51)37(57-24)59-36-32(50)28(46)23(12-39)56-38(36)58-35-30(48)26-19(43)10-16(40)11-20(26)55-34(35)15-4-5-17(41)18(42)9-15/h3-11,23-24,28-29,31-33,36-43,45-47,49-51H,12-13H2,1-2H3/b6-3+/t23?,24?,28-,29+,31?,32?,33+,36?,37-,38-/m0/s1. The maximum Gasteiger partial charge on any atom is 0.330 e. The molecule has 59 heavy (non-hydrogen) atoms. The second kappa shape index (κ2) is 17.5. The molecule has 0 aliphatic carbocycles. The van der Waals surface area contributed by atoms with Gasteiger partial charge in [-0.1, -0.05) is 0 Å². The molecule has 2 saturated heterocycles. The maximum atomic E-state index is 14.0. The zero-order valence-corrected chi connectivity index (χ0v) is 30.9. The first-order valence-electron chi connectivity index (χ1n) is 17.6. The molecule has 0 spiro atoms. The van der Waals surface area contributed by atoms with Crippen molar-refractivity contribution < 1.29 is 98.5 Å². The van der Waals surface area contributed by atoms with Gasteiger partial charge in [0, 0.05) is 23.8 Å². The zero-order chi connectivity index (χ0) is 42.9. The zero-order valence-electron chi connectivity index (χ0n) is 30.9. The summed E-state index contributed by atoms with van der Waals surface area (Å²) in [6.45, 7) is -1.66. The van der Waals surface area contributed by atoms with E-state index in [2.05, 4.69) is 0 Å². The van der Waals surface area contributed by atoms with Crippen molar-refractivity contribution in [2.45, 2.75) is 61.4 Å². The van der Waals surface area contributed by atoms with Gasteiger partial charge in [-0.2, -0.15) is 0 Å². The van der Waals surface area contributed by atoms with Crippen molar-refractivity contribution in [1.29, 1.82) is 0 Å². The minimum absolute atomic E-state index is 0.0504. The van der Waals surface area contributed by atoms with E-state index in [0.29, 0.717) is 5.56 Å². The van der Waals surface area contributed by atoms with E-state index in [1.807, 2.05) is 0 Å². The van der Waals surface area contributed by atoms with Crippen LogP contribution in [0.5, 0.6) is 46.0 Å². The average Bonchev–Trinajstić information content (AvgIpc) is 3.21. The van der Waals surface area contributed by atoms with Crippen LogP contribution in [0.1, 0.15) is 5.56 Å². The van der Waals surface area contributed by atoms with Crippen molar-refractivity contribution in [3.05, 3.63) is 64.3 Å². The number of aliphatic hydroxyl groups excluding tert-OH is 6. The van der Waals surface area contributed by atoms with Crippen LogP contribution in [0.15, 0.2) is 57.8 Å². The van der Waals surface area contributed by atoms with Gasteiger partial charge in [-0.3, -0.25) is 4.79 Å². The van der Waals surface area contributed by atoms with Gasteiger partial charge in [-0.25, -0.2) is 4.79 Å². The van der Waals surface area contributed by atoms with E-state index in [4.69, 9.17) is 37.6 Å². The van der Waals surface area contributed by atoms with E-state index in [-0.39, 0.29) is 28.4 Å². The van der Waals surface area contributed by atoms with E-state index < -0.39 is 126 Å². The van der Waals surface area contributed by atoms with E-state index in [1.165, 1.54) is 38.5 Å². The molecule has 0 amide bonds. The molecule has 5 unspecified atom stereocenters. The number of benzene rings is 3. The summed E-state index contributed by atoms with van der Waals surface area (Å²) >= 11 is 0. The number of rotatable bonds is 12. The lowest BCUT2D eigenvalue weighted by Gasteiger charge is -2.45. The highest BCUT2D eigenvalue weighted by molar-refractivity contribution is 5.89. The number of methoxy groups -OCH3 is 2. The van der Waals surface area contributed by atoms with Gasteiger partial charge in [-0.15, -0.1) is 0 Å². The third kappa shape index (κ3) is 8.64. The Hall–Kier alpha value is -5.88. The topological polar surface area (TPSA) is 334 Å². The molecule has 0 saturated carbocycles. The Morgan fingerprint density at radius 2 is 1.42 bits per heavy atom. The van der Waals surface area contributed by atoms with Crippen LogP contribution in [-0.4, -0.2) is 151 Å². The number of fused-ring (bicyclic) bond motifs is 1. The van der Waals surface area contributed by atoms with E-state index in [9.17, 15) is 65.8 Å². The van der Waals surface area contributed by atoms with Crippen molar-refractivity contribution in [1.82, 2.24) is 0 Å². The molecular formula is C38H40O21. The number of esters is 1. The molecule has 318 valence electrons. The van der Waals surface area contributed by atoms with Crippen molar-refractivity contribution in [2.24, 2.45) is 0 Å². The van der Waals surface area contributed by atoms with Crippen LogP contribution in [0.25, 0.3) is 28.4 Å². The van der Waals surface area contributed by atoms with Gasteiger partial charge in [0.2, 0.25) is 23.2 Å². The van der Waals surface area contributed by atoms with Crippen LogP contribution in [-0.2, 0) is 23.7 Å². The van der Waals surface area contributed by atoms with Gasteiger partial charge in [0.15, 0.2) is 41.2 Å². The van der Waals surface area contributed by atoms with Crippen molar-refractivity contribution in [3.8, 4) is 57.3 Å². The Morgan fingerprint density at radius 3 is 2.07 bits per heavy atom. The lowest BCUT2D eigenvalue weighted by atomic mass is 9.97. The lowest BCUT2D eigenvalue weighted by Crippen LogP contribution is -2.65. The summed E-state index contributed by atoms with van der Waals surface area (Å²) in [6, 6.07) is 7.83. The number of phenolic OH excluding ortho intramolecular Hbond substituents is 5. The molecule has 3 heterocycles. The molecule has 11 N–H and O–H groups in total. The molecule has 2 fully saturated rings. The van der Waals surface area contributed by atoms with Gasteiger partial charge >= 0.3 is 5.97 Å². The predicted octanol–water partition coefficient (Wildman–Crippen LogP) is -0.728. The molecule has 21 nitrogen and oxygen atoms in total. The summed E-state index contributed by atoms with van der Waals surface area (Å²) in [5.74, 6) is -4.89. The molecule has 4 aromatic rings. The first-order valence-corrected chi connectivity index (χ1v) is 17.6. The van der Waals surface area contributed by atoms with Crippen molar-refractivity contribution in [3.63, 3.8) is 0 Å². The van der Waals surface area contributed by atoms with Crippen molar-refractivity contribution >= 4 is 23.0 Å². The SMILES string of the molecule is COc1cc(/C=C/C(=O)OCC2O[C@@H](OC3C(O)[C@@H](O)C(CO)O[C@H]3Oc3c(-c4ccc(O)c(O)c4)oc4cc(O)cc(O)c4c3=O)[C@H](O)C(O)[C@@H]2O)cc(OC)c1O. The molecule has 2 aliphatic heterocycles. The first kappa shape index (κ1) is 42.7. The molecule has 2 aliphatic rings. The predicted molar refractivity (Wildman–Crippen MR) is 196 cm³/mol. The smallest absolute Gasteiger partial charge is 0.330 e. The quantitative estimate of drug-likeness (QED) is 0.0476. The fourth-order valence-electron chi connectivity index (χ4n) is 6.35. The van der Waals surface area contributed by atoms with E-state index in [1.54, 1.807) is 0 Å². The number of hydrogen-bond donors (Lipinski definition) is 11. The third-order valence-electron chi connectivity index (χ3n) is 9.48. The Labute approximate surface area is 331 Å². The molecule has 21 heteroatoms. The highest BCUT2D eigenvalue weighted by Crippen LogP contribution is 2.41. The largest absolute Gasteiger partial charge is 0.508 e. The summed E-state index contributed by atoms with van der Waals surface area (Å²) in [4.78, 5) is 26.6. The summed E-state index contributed by atoms with van der Waals surface area (Å²) < 4.78 is 44.2. The third-order valence-corrected chi connectivity index (χ3v) is 9.48. The number of phenols is 5. The molecule has 3 aromatic carbocycles. The number of aromatic hydroxyl groups is 5. The minimum Gasteiger partial charge on any atom is -0.508 e. The number of carbonyl (C=O) groups is 1. The molecule has 1 aromatic heterocycles. The Kier molecular flexibility index (Phi) is 12.7. The van der Waals surface area contributed by atoms with Gasteiger partial charge in [0.05, 0.1) is 20.8 Å². The van der Waals surface area contributed by atoms with Crippen LogP contribution < -0.4 is 19.6 Å². The number of carbonyl (C=O) groups excluding carboxylic acids is 1. The minimum atomic E-state index is -2.08. The van der Waals surface area contributed by atoms with Gasteiger partial charge in [0.1, 0.15) is 71.8 Å². The fourth-order valence-corrected chi connectivity index (χ4v) is 6.35. The summed E-state index contributed by atoms with van der Waals surface area (Å²) in [7, 11) is 2.62. The van der Waals surface area contributed by atoms with Gasteiger partial charge in [0.25, 0.3) is 0 Å². The monoisotopic (exact) mass is 832 g/mol. The van der Waals surface area contributed by atoms with E-state index in [0.717, 1.165) is 30.3 Å². The summed E-state index contributed by atoms with van der Waals surface area (Å²) in [5, 5.41) is 115. The Bertz CT molecular complexity index is 2230. The highest BCUT2D eigenvalue weighted by atomic mass is 16.8. The van der Waals surface area contributed by atoms with Crippen LogP contribution in [0.3, 0.4) is 0 Å². The summed E-state index contributed by atoms with van der Waals surface area (Å²) in [5.41, 5.74) is -1.22. The molecule has 6 rings (SSSR count). The van der Waals surface area contributed by atoms with Gasteiger partial charge in [-0.05, 0) is 42.0 Å². The van der Waals surface area contributed by atoms with Crippen molar-refractivity contribution in [2.75, 3.05) is 27.4 Å². The average molecular weight is 833 g/mol. The normalized spacial score (nSPS) is 27.1. The fraction of sp³-hybridized carbons (Fsp3) is 0.368. The molecular weight excluding hydrogens is 792 g/mol. The number of hydrogen-bond acceptors (Lipinski definition) is 21. The van der Waals surface area contributed by atoms with Crippen LogP contribution >= 0.6 is 0 Å². The molecule has 0 radical (unpaired) electrons. The maximum absolute atomic E-state index is 14.0. The molecule has 0 bridgehead atoms. The second-order valence-electron chi connectivity index (χ2n) is 13.3. The number of aliphatic hydroxyl groups is 6. The first-order chi connectivity index (χ1) is 28.1. The number of ether oxygens (including phenoxy) is 7. The van der Waals surface area contributed by atoms with Crippen LogP contribution in [0, 0.1) is 0 Å². The van der Waals surface area contributed by atoms with Crippen LogP contribution in [0.4, 0.5) is 0 Å².